The molecule has 31 heavy (non-hydrogen) atoms. The average molecular weight is 429 g/mol. The molecule has 0 bridgehead atoms. The van der Waals surface area contributed by atoms with Crippen LogP contribution >= 0.6 is 0 Å². The lowest BCUT2D eigenvalue weighted by atomic mass is 9.47. The zero-order chi connectivity index (χ0) is 22.4. The number of rotatable bonds is 6. The first-order chi connectivity index (χ1) is 14.6. The minimum Gasteiger partial charge on any atom is -0.462 e. The molecule has 4 rings (SSSR count). The summed E-state index contributed by atoms with van der Waals surface area (Å²) < 4.78 is 5.61. The van der Waals surface area contributed by atoms with Crippen LogP contribution in [0.5, 0.6) is 0 Å². The standard InChI is InChI=1S/C29H48O2/c1-19(2)8-7-9-20(3)25-12-13-26-24-11-10-22-18-23(31-21(4)30)14-16-28(22,5)27(24)15-17-29(25,26)6/h10,19-20,23-27H,7-9,11-18H2,1-6H3/t20?,23-,24?,25+,26-,27-,28?,29?/m0/s1. The first kappa shape index (κ1) is 23.4. The molecule has 0 aromatic rings. The Morgan fingerprint density at radius 3 is 2.55 bits per heavy atom. The van der Waals surface area contributed by atoms with Gasteiger partial charge < -0.3 is 4.74 Å². The van der Waals surface area contributed by atoms with E-state index in [9.17, 15) is 4.79 Å². The third-order valence-corrected chi connectivity index (χ3v) is 10.6. The molecular weight excluding hydrogens is 380 g/mol. The van der Waals surface area contributed by atoms with Gasteiger partial charge in [-0.1, -0.05) is 65.5 Å². The van der Waals surface area contributed by atoms with Crippen molar-refractivity contribution in [2.45, 2.75) is 118 Å². The number of fused-ring (bicyclic) bond motifs is 5. The normalized spacial score (nSPS) is 42.9. The van der Waals surface area contributed by atoms with Crippen molar-refractivity contribution in [1.29, 1.82) is 0 Å². The third-order valence-electron chi connectivity index (χ3n) is 10.6. The number of allylic oxidation sites excluding steroid dienone is 1. The van der Waals surface area contributed by atoms with E-state index in [0.717, 1.165) is 48.3 Å². The van der Waals surface area contributed by atoms with Gasteiger partial charge in [0.05, 0.1) is 0 Å². The lowest BCUT2D eigenvalue weighted by molar-refractivity contribution is -0.148. The SMILES string of the molecule is CC(=O)O[C@H]1CCC2(C)C(=CCC3[C@@H]2CCC2(C)[C@@H](C(C)CCCC(C)C)CC[C@@H]32)C1. The van der Waals surface area contributed by atoms with Gasteiger partial charge >= 0.3 is 5.97 Å². The van der Waals surface area contributed by atoms with E-state index in [4.69, 9.17) is 4.74 Å². The summed E-state index contributed by atoms with van der Waals surface area (Å²) in [5, 5.41) is 0. The predicted molar refractivity (Wildman–Crippen MR) is 129 cm³/mol. The molecule has 0 saturated heterocycles. The molecule has 0 N–H and O–H groups in total. The topological polar surface area (TPSA) is 26.3 Å². The van der Waals surface area contributed by atoms with Crippen molar-refractivity contribution in [1.82, 2.24) is 0 Å². The van der Waals surface area contributed by atoms with Crippen LogP contribution in [-0.2, 0) is 9.53 Å². The molecule has 0 spiro atoms. The van der Waals surface area contributed by atoms with Crippen molar-refractivity contribution < 1.29 is 9.53 Å². The molecule has 4 unspecified atom stereocenters. The van der Waals surface area contributed by atoms with Crippen LogP contribution in [0.15, 0.2) is 11.6 Å². The third kappa shape index (κ3) is 4.26. The van der Waals surface area contributed by atoms with E-state index in [1.165, 1.54) is 57.8 Å². The average Bonchev–Trinajstić information content (AvgIpc) is 3.05. The maximum Gasteiger partial charge on any atom is 0.302 e. The van der Waals surface area contributed by atoms with E-state index in [0.29, 0.717) is 10.8 Å². The van der Waals surface area contributed by atoms with E-state index in [2.05, 4.69) is 40.7 Å². The Morgan fingerprint density at radius 2 is 1.84 bits per heavy atom. The highest BCUT2D eigenvalue weighted by atomic mass is 16.5. The molecule has 4 aliphatic carbocycles. The van der Waals surface area contributed by atoms with Gasteiger partial charge in [0.15, 0.2) is 0 Å². The zero-order valence-electron chi connectivity index (χ0n) is 21.2. The maximum absolute atomic E-state index is 11.5. The van der Waals surface area contributed by atoms with Gasteiger partial charge in [-0.25, -0.2) is 0 Å². The summed E-state index contributed by atoms with van der Waals surface area (Å²) >= 11 is 0. The number of hydrogen-bond acceptors (Lipinski definition) is 2. The summed E-state index contributed by atoms with van der Waals surface area (Å²) in [6, 6.07) is 0. The smallest absolute Gasteiger partial charge is 0.302 e. The highest BCUT2D eigenvalue weighted by Crippen LogP contribution is 2.67. The Kier molecular flexibility index (Phi) is 6.68. The summed E-state index contributed by atoms with van der Waals surface area (Å²) in [5.74, 6) is 5.19. The van der Waals surface area contributed by atoms with Crippen molar-refractivity contribution in [2.75, 3.05) is 0 Å². The van der Waals surface area contributed by atoms with Gasteiger partial charge in [0.1, 0.15) is 6.10 Å². The fraction of sp³-hybridized carbons (Fsp3) is 0.897. The number of ether oxygens (including phenoxy) is 1. The first-order valence-corrected chi connectivity index (χ1v) is 13.5. The van der Waals surface area contributed by atoms with Gasteiger partial charge in [-0.2, -0.15) is 0 Å². The molecule has 3 fully saturated rings. The molecule has 4 aliphatic rings. The Hall–Kier alpha value is -0.790. The molecule has 3 saturated carbocycles. The maximum atomic E-state index is 11.5. The van der Waals surface area contributed by atoms with Crippen molar-refractivity contribution >= 4 is 5.97 Å². The molecule has 0 amide bonds. The Balaban J connectivity index is 1.47. The Morgan fingerprint density at radius 1 is 1.06 bits per heavy atom. The molecule has 2 heteroatoms. The molecule has 0 heterocycles. The number of carbonyl (C=O) groups excluding carboxylic acids is 1. The number of hydrogen-bond donors (Lipinski definition) is 0. The Labute approximate surface area is 192 Å². The van der Waals surface area contributed by atoms with Crippen LogP contribution < -0.4 is 0 Å². The summed E-state index contributed by atoms with van der Waals surface area (Å²) in [7, 11) is 0. The van der Waals surface area contributed by atoms with E-state index < -0.39 is 0 Å². The van der Waals surface area contributed by atoms with E-state index >= 15 is 0 Å². The van der Waals surface area contributed by atoms with Gasteiger partial charge in [-0.3, -0.25) is 4.79 Å². The van der Waals surface area contributed by atoms with E-state index in [1.807, 2.05) is 0 Å². The second kappa shape index (κ2) is 8.86. The van der Waals surface area contributed by atoms with Crippen LogP contribution in [0.2, 0.25) is 0 Å². The fourth-order valence-corrected chi connectivity index (χ4v) is 8.99. The summed E-state index contributed by atoms with van der Waals surface area (Å²) in [5.41, 5.74) is 2.53. The van der Waals surface area contributed by atoms with Gasteiger partial charge in [-0.05, 0) is 91.3 Å². The van der Waals surface area contributed by atoms with Crippen LogP contribution in [-0.4, -0.2) is 12.1 Å². The summed E-state index contributed by atoms with van der Waals surface area (Å²) in [6.07, 6.45) is 17.2. The quantitative estimate of drug-likeness (QED) is 0.317. The minimum atomic E-state index is -0.115. The molecule has 2 nitrogen and oxygen atoms in total. The largest absolute Gasteiger partial charge is 0.462 e. The number of carbonyl (C=O) groups is 1. The molecule has 0 aromatic heterocycles. The van der Waals surface area contributed by atoms with Crippen molar-refractivity contribution in [2.24, 2.45) is 46.3 Å². The van der Waals surface area contributed by atoms with Gasteiger partial charge in [0.25, 0.3) is 0 Å². The summed E-state index contributed by atoms with van der Waals surface area (Å²) in [6.45, 7) is 14.1. The van der Waals surface area contributed by atoms with E-state index in [1.54, 1.807) is 12.5 Å². The van der Waals surface area contributed by atoms with Gasteiger partial charge in [-0.15, -0.1) is 0 Å². The lowest BCUT2D eigenvalue weighted by Crippen LogP contribution is -2.51. The molecular formula is C29H48O2. The highest BCUT2D eigenvalue weighted by Gasteiger charge is 2.59. The van der Waals surface area contributed by atoms with Crippen LogP contribution in [0, 0.1) is 46.3 Å². The highest BCUT2D eigenvalue weighted by molar-refractivity contribution is 5.66. The second-order valence-corrected chi connectivity index (χ2v) is 12.8. The molecule has 0 aliphatic heterocycles. The fourth-order valence-electron chi connectivity index (χ4n) is 8.99. The van der Waals surface area contributed by atoms with Crippen LogP contribution in [0.3, 0.4) is 0 Å². The second-order valence-electron chi connectivity index (χ2n) is 12.8. The Bertz CT molecular complexity index is 693. The first-order valence-electron chi connectivity index (χ1n) is 13.5. The van der Waals surface area contributed by atoms with Crippen molar-refractivity contribution in [3.05, 3.63) is 11.6 Å². The summed E-state index contributed by atoms with van der Waals surface area (Å²) in [4.78, 5) is 11.5. The molecule has 0 aromatic carbocycles. The van der Waals surface area contributed by atoms with Crippen LogP contribution in [0.1, 0.15) is 112 Å². The molecule has 176 valence electrons. The van der Waals surface area contributed by atoms with Crippen LogP contribution in [0.4, 0.5) is 0 Å². The number of esters is 1. The minimum absolute atomic E-state index is 0.115. The van der Waals surface area contributed by atoms with Gasteiger partial charge in [0.2, 0.25) is 0 Å². The van der Waals surface area contributed by atoms with Crippen LogP contribution in [0.25, 0.3) is 0 Å². The van der Waals surface area contributed by atoms with E-state index in [-0.39, 0.29) is 12.1 Å². The lowest BCUT2D eigenvalue weighted by Gasteiger charge is -2.58. The zero-order valence-corrected chi connectivity index (χ0v) is 21.2. The van der Waals surface area contributed by atoms with Gasteiger partial charge in [0, 0.05) is 13.3 Å². The molecule has 8 atom stereocenters. The van der Waals surface area contributed by atoms with Crippen molar-refractivity contribution in [3.63, 3.8) is 0 Å². The van der Waals surface area contributed by atoms with Crippen molar-refractivity contribution in [3.8, 4) is 0 Å². The monoisotopic (exact) mass is 428 g/mol. The predicted octanol–water partition coefficient (Wildman–Crippen LogP) is 7.96. The molecule has 0 radical (unpaired) electrons.